The summed E-state index contributed by atoms with van der Waals surface area (Å²) in [4.78, 5) is 14.3. The lowest BCUT2D eigenvalue weighted by atomic mass is 9.96. The number of morpholine rings is 1. The van der Waals surface area contributed by atoms with Crippen molar-refractivity contribution in [3.63, 3.8) is 0 Å². The fraction of sp³-hybridized carbons (Fsp3) is 0.929. The smallest absolute Gasteiger partial charge is 0.323 e. The Morgan fingerprint density at radius 2 is 1.72 bits per heavy atom. The summed E-state index contributed by atoms with van der Waals surface area (Å²) in [6.07, 6.45) is 2.27. The summed E-state index contributed by atoms with van der Waals surface area (Å²) in [7, 11) is 1.48. The average molecular weight is 255 g/mol. The van der Waals surface area contributed by atoms with Crippen LogP contribution in [0.3, 0.4) is 0 Å². The molecule has 1 saturated heterocycles. The quantitative estimate of drug-likeness (QED) is 0.721. The molecular formula is C14H25NO3. The molecule has 1 aliphatic carbocycles. The van der Waals surface area contributed by atoms with Gasteiger partial charge < -0.3 is 9.47 Å². The normalized spacial score (nSPS) is 28.7. The maximum Gasteiger partial charge on any atom is 0.323 e. The predicted octanol–water partition coefficient (Wildman–Crippen LogP) is 1.83. The van der Waals surface area contributed by atoms with Crippen LogP contribution in [0.2, 0.25) is 0 Å². The van der Waals surface area contributed by atoms with E-state index in [4.69, 9.17) is 9.47 Å². The summed E-state index contributed by atoms with van der Waals surface area (Å²) in [6.45, 7) is 9.91. The third-order valence-electron chi connectivity index (χ3n) is 3.62. The van der Waals surface area contributed by atoms with E-state index in [1.807, 2.05) is 0 Å². The Morgan fingerprint density at radius 1 is 1.22 bits per heavy atom. The van der Waals surface area contributed by atoms with E-state index >= 15 is 0 Å². The van der Waals surface area contributed by atoms with Crippen molar-refractivity contribution in [3.8, 4) is 0 Å². The molecule has 0 spiro atoms. The molecule has 4 heteroatoms. The van der Waals surface area contributed by atoms with Gasteiger partial charge in [-0.3, -0.25) is 9.69 Å². The minimum Gasteiger partial charge on any atom is -0.468 e. The van der Waals surface area contributed by atoms with E-state index in [2.05, 4.69) is 32.6 Å². The van der Waals surface area contributed by atoms with Gasteiger partial charge in [-0.25, -0.2) is 0 Å². The maximum absolute atomic E-state index is 12.0. The third-order valence-corrected chi connectivity index (χ3v) is 3.62. The van der Waals surface area contributed by atoms with E-state index in [0.717, 1.165) is 25.9 Å². The largest absolute Gasteiger partial charge is 0.468 e. The topological polar surface area (TPSA) is 38.8 Å². The summed E-state index contributed by atoms with van der Waals surface area (Å²) in [5.41, 5.74) is -0.439. The molecule has 1 unspecified atom stereocenters. The highest BCUT2D eigenvalue weighted by molar-refractivity contribution is 5.76. The first-order valence-electron chi connectivity index (χ1n) is 6.76. The van der Waals surface area contributed by atoms with Crippen molar-refractivity contribution in [2.24, 2.45) is 5.92 Å². The van der Waals surface area contributed by atoms with E-state index < -0.39 is 0 Å². The van der Waals surface area contributed by atoms with Crippen molar-refractivity contribution < 1.29 is 14.3 Å². The van der Waals surface area contributed by atoms with E-state index in [9.17, 15) is 4.79 Å². The molecule has 4 nitrogen and oxygen atoms in total. The highest BCUT2D eigenvalue weighted by Crippen LogP contribution is 2.39. The molecular weight excluding hydrogens is 230 g/mol. The molecule has 0 aromatic heterocycles. The highest BCUT2D eigenvalue weighted by Gasteiger charge is 2.47. The lowest BCUT2D eigenvalue weighted by Crippen LogP contribution is -2.61. The van der Waals surface area contributed by atoms with Crippen LogP contribution in [0, 0.1) is 5.92 Å². The van der Waals surface area contributed by atoms with Gasteiger partial charge in [-0.05, 0) is 46.5 Å². The molecule has 104 valence electrons. The number of ether oxygens (including phenoxy) is 2. The fourth-order valence-electron chi connectivity index (χ4n) is 3.22. The third kappa shape index (κ3) is 3.04. The molecule has 1 saturated carbocycles. The summed E-state index contributed by atoms with van der Waals surface area (Å²) in [6, 6.07) is -0.0857. The van der Waals surface area contributed by atoms with Crippen LogP contribution in [0.4, 0.5) is 0 Å². The van der Waals surface area contributed by atoms with Crippen molar-refractivity contribution in [2.75, 3.05) is 20.2 Å². The molecule has 0 amide bonds. The van der Waals surface area contributed by atoms with E-state index in [0.29, 0.717) is 5.92 Å². The number of methoxy groups -OCH3 is 1. The van der Waals surface area contributed by atoms with Gasteiger partial charge in [0.15, 0.2) is 0 Å². The molecule has 0 radical (unpaired) electrons. The summed E-state index contributed by atoms with van der Waals surface area (Å²) >= 11 is 0. The fourth-order valence-corrected chi connectivity index (χ4v) is 3.22. The Balaban J connectivity index is 2.16. The molecule has 0 bridgehead atoms. The van der Waals surface area contributed by atoms with Crippen LogP contribution in [0.15, 0.2) is 0 Å². The molecule has 0 aromatic rings. The predicted molar refractivity (Wildman–Crippen MR) is 69.3 cm³/mol. The van der Waals surface area contributed by atoms with E-state index in [1.54, 1.807) is 0 Å². The van der Waals surface area contributed by atoms with Crippen molar-refractivity contribution >= 4 is 5.97 Å². The van der Waals surface area contributed by atoms with Gasteiger partial charge in [-0.15, -0.1) is 0 Å². The first kappa shape index (κ1) is 13.8. The SMILES string of the molecule is COC(=O)C(C1CC1)N1CC(C)(C)OC(C)(C)C1. The number of hydrogen-bond acceptors (Lipinski definition) is 4. The van der Waals surface area contributed by atoms with Crippen molar-refractivity contribution in [3.05, 3.63) is 0 Å². The number of carbonyl (C=O) groups excluding carboxylic acids is 1. The summed E-state index contributed by atoms with van der Waals surface area (Å²) in [5, 5.41) is 0. The van der Waals surface area contributed by atoms with Crippen LogP contribution in [-0.2, 0) is 14.3 Å². The molecule has 18 heavy (non-hydrogen) atoms. The van der Waals surface area contributed by atoms with Crippen LogP contribution in [0.25, 0.3) is 0 Å². The maximum atomic E-state index is 12.0. The zero-order valence-electron chi connectivity index (χ0n) is 12.2. The van der Waals surface area contributed by atoms with E-state index in [1.165, 1.54) is 7.11 Å². The average Bonchev–Trinajstić information content (AvgIpc) is 2.97. The van der Waals surface area contributed by atoms with Gasteiger partial charge in [-0.2, -0.15) is 0 Å². The lowest BCUT2D eigenvalue weighted by Gasteiger charge is -2.49. The van der Waals surface area contributed by atoms with Gasteiger partial charge >= 0.3 is 5.97 Å². The minimum absolute atomic E-state index is 0.0857. The van der Waals surface area contributed by atoms with Crippen LogP contribution in [0.1, 0.15) is 40.5 Å². The molecule has 2 rings (SSSR count). The zero-order chi connectivity index (χ0) is 13.6. The van der Waals surface area contributed by atoms with Crippen LogP contribution < -0.4 is 0 Å². The summed E-state index contributed by atoms with van der Waals surface area (Å²) in [5.74, 6) is 0.383. The molecule has 1 heterocycles. The molecule has 1 aliphatic heterocycles. The molecule has 1 atom stereocenters. The monoisotopic (exact) mass is 255 g/mol. The summed E-state index contributed by atoms with van der Waals surface area (Å²) < 4.78 is 11.0. The van der Waals surface area contributed by atoms with Crippen molar-refractivity contribution in [1.82, 2.24) is 4.90 Å². The standard InChI is InChI=1S/C14H25NO3/c1-13(2)8-15(9-14(3,4)18-13)11(10-6-7-10)12(16)17-5/h10-11H,6-9H2,1-5H3. The van der Waals surface area contributed by atoms with Gasteiger partial charge in [0, 0.05) is 13.1 Å². The van der Waals surface area contributed by atoms with Crippen molar-refractivity contribution in [1.29, 1.82) is 0 Å². The number of rotatable bonds is 3. The number of nitrogens with zero attached hydrogens (tertiary/aromatic N) is 1. The molecule has 2 aliphatic rings. The zero-order valence-corrected chi connectivity index (χ0v) is 12.2. The van der Waals surface area contributed by atoms with Crippen LogP contribution in [-0.4, -0.2) is 48.3 Å². The molecule has 0 N–H and O–H groups in total. The number of hydrogen-bond donors (Lipinski definition) is 0. The van der Waals surface area contributed by atoms with Crippen molar-refractivity contribution in [2.45, 2.75) is 57.8 Å². The van der Waals surface area contributed by atoms with Gasteiger partial charge in [0.2, 0.25) is 0 Å². The minimum atomic E-state index is -0.219. The second-order valence-electron chi connectivity index (χ2n) is 6.83. The first-order valence-corrected chi connectivity index (χ1v) is 6.76. The Bertz CT molecular complexity index is 318. The van der Waals surface area contributed by atoms with Crippen LogP contribution in [0.5, 0.6) is 0 Å². The van der Waals surface area contributed by atoms with Gasteiger partial charge in [0.1, 0.15) is 6.04 Å². The van der Waals surface area contributed by atoms with Gasteiger partial charge in [0.05, 0.1) is 18.3 Å². The number of carbonyl (C=O) groups is 1. The van der Waals surface area contributed by atoms with E-state index in [-0.39, 0.29) is 23.2 Å². The lowest BCUT2D eigenvalue weighted by molar-refractivity contribution is -0.194. The van der Waals surface area contributed by atoms with Crippen LogP contribution >= 0.6 is 0 Å². The Hall–Kier alpha value is -0.610. The van der Waals surface area contributed by atoms with Gasteiger partial charge in [-0.1, -0.05) is 0 Å². The Kier molecular flexibility index (Phi) is 3.45. The number of esters is 1. The Labute approximate surface area is 110 Å². The second kappa shape index (κ2) is 4.49. The highest BCUT2D eigenvalue weighted by atomic mass is 16.5. The molecule has 0 aromatic carbocycles. The molecule has 2 fully saturated rings. The Morgan fingerprint density at radius 3 is 2.11 bits per heavy atom. The first-order chi connectivity index (χ1) is 8.24. The second-order valence-corrected chi connectivity index (χ2v) is 6.83. The van der Waals surface area contributed by atoms with Gasteiger partial charge in [0.25, 0.3) is 0 Å².